The number of pyridine rings is 1. The van der Waals surface area contributed by atoms with Crippen molar-refractivity contribution in [1.29, 1.82) is 0 Å². The van der Waals surface area contributed by atoms with Gasteiger partial charge in [0.2, 0.25) is 10.0 Å². The first-order chi connectivity index (χ1) is 16.0. The van der Waals surface area contributed by atoms with Gasteiger partial charge in [-0.25, -0.2) is 8.42 Å². The molecular weight excluding hydrogens is 491 g/mol. The van der Waals surface area contributed by atoms with E-state index in [9.17, 15) is 8.42 Å². The number of sulfonamides is 1. The third-order valence-electron chi connectivity index (χ3n) is 6.87. The van der Waals surface area contributed by atoms with Crippen LogP contribution < -0.4 is 4.90 Å². The Morgan fingerprint density at radius 1 is 0.912 bits per heavy atom. The molecule has 0 N–H and O–H groups in total. The molecule has 9 heteroatoms. The number of benzene rings is 2. The van der Waals surface area contributed by atoms with E-state index in [1.165, 1.54) is 5.69 Å². The molecule has 0 unspecified atom stereocenters. The monoisotopic (exact) mass is 520 g/mol. The number of anilines is 1. The molecule has 0 atom stereocenters. The summed E-state index contributed by atoms with van der Waals surface area (Å²) in [6, 6.07) is 17.1. The maximum atomic E-state index is 13.2. The molecule has 3 aromatic rings. The van der Waals surface area contributed by atoms with Gasteiger partial charge in [-0.3, -0.25) is 9.88 Å². The van der Waals surface area contributed by atoms with E-state index >= 15 is 0 Å². The lowest BCUT2D eigenvalue weighted by Crippen LogP contribution is -2.49. The van der Waals surface area contributed by atoms with Crippen LogP contribution in [0.2, 0.25) is 5.02 Å². The van der Waals surface area contributed by atoms with Crippen LogP contribution in [0.25, 0.3) is 10.9 Å². The minimum Gasteiger partial charge on any atom is -0.369 e. The molecule has 6 nitrogen and oxygen atoms in total. The summed E-state index contributed by atoms with van der Waals surface area (Å²) < 4.78 is 28.0. The van der Waals surface area contributed by atoms with Gasteiger partial charge in [-0.05, 0) is 61.2 Å². The van der Waals surface area contributed by atoms with Crippen molar-refractivity contribution >= 4 is 50.6 Å². The van der Waals surface area contributed by atoms with Gasteiger partial charge in [-0.1, -0.05) is 23.7 Å². The molecule has 2 fully saturated rings. The Labute approximate surface area is 213 Å². The number of hydrogen-bond acceptors (Lipinski definition) is 5. The lowest BCUT2D eigenvalue weighted by atomic mass is 9.97. The smallest absolute Gasteiger partial charge is 0.243 e. The van der Waals surface area contributed by atoms with E-state index in [1.807, 2.05) is 30.3 Å². The molecule has 2 aromatic carbocycles. The predicted octanol–water partition coefficient (Wildman–Crippen LogP) is 4.53. The molecular formula is C25H30Cl2N4O2S. The molecule has 0 radical (unpaired) electrons. The minimum absolute atomic E-state index is 0. The van der Waals surface area contributed by atoms with Crippen LogP contribution in [0.3, 0.4) is 0 Å². The zero-order valence-corrected chi connectivity index (χ0v) is 21.4. The number of rotatable bonds is 5. The van der Waals surface area contributed by atoms with E-state index in [0.29, 0.717) is 29.4 Å². The van der Waals surface area contributed by atoms with Crippen molar-refractivity contribution in [2.24, 2.45) is 5.92 Å². The fourth-order valence-corrected chi connectivity index (χ4v) is 6.51. The summed E-state index contributed by atoms with van der Waals surface area (Å²) in [7, 11) is -3.49. The van der Waals surface area contributed by atoms with Gasteiger partial charge in [0.15, 0.2) is 0 Å². The first kappa shape index (κ1) is 25.2. The first-order valence-corrected chi connectivity index (χ1v) is 13.4. The van der Waals surface area contributed by atoms with Gasteiger partial charge >= 0.3 is 0 Å². The summed E-state index contributed by atoms with van der Waals surface area (Å²) in [5.74, 6) is 0.539. The quantitative estimate of drug-likeness (QED) is 0.494. The van der Waals surface area contributed by atoms with Crippen LogP contribution in [0.5, 0.6) is 0 Å². The van der Waals surface area contributed by atoms with Gasteiger partial charge in [0.25, 0.3) is 0 Å². The minimum atomic E-state index is -3.49. The van der Waals surface area contributed by atoms with E-state index in [0.717, 1.165) is 56.0 Å². The van der Waals surface area contributed by atoms with Crippen LogP contribution in [-0.2, 0) is 10.0 Å². The highest BCUT2D eigenvalue weighted by Gasteiger charge is 2.31. The fourth-order valence-electron chi connectivity index (χ4n) is 4.89. The zero-order valence-electron chi connectivity index (χ0n) is 19.0. The molecule has 2 saturated heterocycles. The lowest BCUT2D eigenvalue weighted by Gasteiger charge is -2.39. The summed E-state index contributed by atoms with van der Waals surface area (Å²) in [6.45, 7) is 6.28. The number of halogens is 2. The van der Waals surface area contributed by atoms with Gasteiger partial charge < -0.3 is 4.90 Å². The Morgan fingerprint density at radius 3 is 2.32 bits per heavy atom. The highest BCUT2D eigenvalue weighted by atomic mass is 35.5. The van der Waals surface area contributed by atoms with E-state index in [1.54, 1.807) is 22.6 Å². The normalized spacial score (nSPS) is 18.7. The molecule has 0 spiro atoms. The Kier molecular flexibility index (Phi) is 8.00. The second kappa shape index (κ2) is 10.8. The van der Waals surface area contributed by atoms with Crippen molar-refractivity contribution in [2.45, 2.75) is 17.7 Å². The number of aromatic nitrogens is 1. The van der Waals surface area contributed by atoms with Crippen LogP contribution in [0.4, 0.5) is 5.69 Å². The SMILES string of the molecule is Cl.O=S(=O)(c1ccc2cccnc2c1)N1CCC(CN2CCN(c3ccc(Cl)cc3)CC2)CC1. The molecule has 1 aromatic heterocycles. The Morgan fingerprint density at radius 2 is 1.62 bits per heavy atom. The number of piperidine rings is 1. The summed E-state index contributed by atoms with van der Waals surface area (Å²) in [5.41, 5.74) is 1.94. The van der Waals surface area contributed by atoms with E-state index in [4.69, 9.17) is 11.6 Å². The Hall–Kier alpha value is -1.90. The highest BCUT2D eigenvalue weighted by Crippen LogP contribution is 2.27. The standard InChI is InChI=1S/C25H29ClN4O2S.ClH/c26-22-4-6-23(7-5-22)29-16-14-28(15-17-29)19-20-9-12-30(13-10-20)33(31,32)24-8-3-21-2-1-11-27-25(21)18-24;/h1-8,11,18,20H,9-10,12-17,19H2;1H. The maximum Gasteiger partial charge on any atom is 0.243 e. The van der Waals surface area contributed by atoms with E-state index in [-0.39, 0.29) is 12.4 Å². The molecule has 0 saturated carbocycles. The molecule has 0 bridgehead atoms. The Bertz CT molecular complexity index is 1210. The van der Waals surface area contributed by atoms with Crippen molar-refractivity contribution in [3.8, 4) is 0 Å². The number of fused-ring (bicyclic) bond motifs is 1. The molecule has 5 rings (SSSR count). The second-order valence-electron chi connectivity index (χ2n) is 8.97. The Balaban J connectivity index is 0.00000274. The number of nitrogens with zero attached hydrogens (tertiary/aromatic N) is 4. The zero-order chi connectivity index (χ0) is 22.8. The van der Waals surface area contributed by atoms with Crippen molar-refractivity contribution in [3.05, 3.63) is 65.8 Å². The third kappa shape index (κ3) is 5.50. The number of hydrogen-bond donors (Lipinski definition) is 0. The first-order valence-electron chi connectivity index (χ1n) is 11.6. The van der Waals surface area contributed by atoms with Crippen LogP contribution in [0, 0.1) is 5.92 Å². The molecule has 34 heavy (non-hydrogen) atoms. The van der Waals surface area contributed by atoms with Gasteiger partial charge in [0, 0.05) is 68.1 Å². The van der Waals surface area contributed by atoms with Crippen molar-refractivity contribution in [1.82, 2.24) is 14.2 Å². The number of piperazine rings is 1. The largest absolute Gasteiger partial charge is 0.369 e. The topological polar surface area (TPSA) is 56.8 Å². The average molecular weight is 522 g/mol. The van der Waals surface area contributed by atoms with Gasteiger partial charge in [0.05, 0.1) is 10.4 Å². The lowest BCUT2D eigenvalue weighted by molar-refractivity contribution is 0.176. The molecule has 0 amide bonds. The van der Waals surface area contributed by atoms with Gasteiger partial charge in [0.1, 0.15) is 0 Å². The van der Waals surface area contributed by atoms with Crippen LogP contribution in [0.1, 0.15) is 12.8 Å². The van der Waals surface area contributed by atoms with E-state index in [2.05, 4.69) is 26.9 Å². The molecule has 3 heterocycles. The van der Waals surface area contributed by atoms with Crippen molar-refractivity contribution < 1.29 is 8.42 Å². The summed E-state index contributed by atoms with van der Waals surface area (Å²) in [4.78, 5) is 9.57. The second-order valence-corrected chi connectivity index (χ2v) is 11.3. The summed E-state index contributed by atoms with van der Waals surface area (Å²) in [5, 5.41) is 1.72. The van der Waals surface area contributed by atoms with Gasteiger partial charge in [-0.15, -0.1) is 12.4 Å². The third-order valence-corrected chi connectivity index (χ3v) is 9.02. The molecule has 0 aliphatic carbocycles. The maximum absolute atomic E-state index is 13.2. The van der Waals surface area contributed by atoms with E-state index < -0.39 is 10.0 Å². The van der Waals surface area contributed by atoms with Crippen molar-refractivity contribution in [3.63, 3.8) is 0 Å². The molecule has 182 valence electrons. The fraction of sp³-hybridized carbons (Fsp3) is 0.400. The molecule has 2 aliphatic rings. The molecule has 2 aliphatic heterocycles. The predicted molar refractivity (Wildman–Crippen MR) is 141 cm³/mol. The summed E-state index contributed by atoms with van der Waals surface area (Å²) >= 11 is 6.01. The highest BCUT2D eigenvalue weighted by molar-refractivity contribution is 7.89. The van der Waals surface area contributed by atoms with Crippen molar-refractivity contribution in [2.75, 3.05) is 50.7 Å². The summed E-state index contributed by atoms with van der Waals surface area (Å²) in [6.07, 6.45) is 3.50. The average Bonchev–Trinajstić information content (AvgIpc) is 2.85. The van der Waals surface area contributed by atoms with Gasteiger partial charge in [-0.2, -0.15) is 4.31 Å². The van der Waals surface area contributed by atoms with Crippen LogP contribution in [0.15, 0.2) is 65.7 Å². The van der Waals surface area contributed by atoms with Crippen LogP contribution >= 0.6 is 24.0 Å². The van der Waals surface area contributed by atoms with Crippen LogP contribution in [-0.4, -0.2) is 68.4 Å².